The van der Waals surface area contributed by atoms with Crippen molar-refractivity contribution in [1.29, 1.82) is 0 Å². The second kappa shape index (κ2) is 3.18. The van der Waals surface area contributed by atoms with Gasteiger partial charge in [-0.25, -0.2) is 9.50 Å². The van der Waals surface area contributed by atoms with Crippen LogP contribution in [0.4, 0.5) is 13.2 Å². The van der Waals surface area contributed by atoms with Crippen LogP contribution in [0.15, 0.2) is 18.5 Å². The second-order valence-corrected chi connectivity index (χ2v) is 3.10. The maximum absolute atomic E-state index is 12.4. The zero-order chi connectivity index (χ0) is 11.1. The average Bonchev–Trinajstić information content (AvgIpc) is 2.58. The molecule has 15 heavy (non-hydrogen) atoms. The highest BCUT2D eigenvalue weighted by Gasteiger charge is 2.39. The normalized spacial score (nSPS) is 14.4. The molecule has 0 aromatic carbocycles. The molecule has 0 amide bonds. The molecule has 1 atom stereocenters. The van der Waals surface area contributed by atoms with E-state index in [2.05, 4.69) is 15.1 Å². The monoisotopic (exact) mass is 216 g/mol. The van der Waals surface area contributed by atoms with Crippen molar-refractivity contribution in [3.8, 4) is 0 Å². The van der Waals surface area contributed by atoms with Gasteiger partial charge in [0.2, 0.25) is 0 Å². The summed E-state index contributed by atoms with van der Waals surface area (Å²) in [6.45, 7) is 1.02. The number of hydrogen-bond donors (Lipinski definition) is 0. The van der Waals surface area contributed by atoms with Gasteiger partial charge in [0, 0.05) is 12.4 Å². The molecular formula is C8H7F3N4. The maximum Gasteiger partial charge on any atom is 0.398 e. The van der Waals surface area contributed by atoms with Crippen molar-refractivity contribution in [2.75, 3.05) is 0 Å². The molecule has 0 N–H and O–H groups in total. The molecule has 2 heterocycles. The number of aromatic nitrogens is 4. The van der Waals surface area contributed by atoms with E-state index < -0.39 is 12.1 Å². The molecule has 2 aromatic heterocycles. The van der Waals surface area contributed by atoms with E-state index in [0.717, 1.165) is 6.92 Å². The van der Waals surface area contributed by atoms with E-state index in [9.17, 15) is 13.2 Å². The van der Waals surface area contributed by atoms with Crippen LogP contribution in [0.2, 0.25) is 0 Å². The number of hydrogen-bond acceptors (Lipinski definition) is 3. The van der Waals surface area contributed by atoms with Crippen LogP contribution in [0.5, 0.6) is 0 Å². The van der Waals surface area contributed by atoms with Crippen molar-refractivity contribution in [3.63, 3.8) is 0 Å². The van der Waals surface area contributed by atoms with Gasteiger partial charge >= 0.3 is 6.18 Å². The first-order valence-electron chi connectivity index (χ1n) is 4.22. The number of fused-ring (bicyclic) bond motifs is 1. The third kappa shape index (κ3) is 1.77. The van der Waals surface area contributed by atoms with Crippen molar-refractivity contribution >= 4 is 5.78 Å². The fraction of sp³-hybridized carbons (Fsp3) is 0.375. The van der Waals surface area contributed by atoms with E-state index >= 15 is 0 Å². The Hall–Kier alpha value is -1.66. The summed E-state index contributed by atoms with van der Waals surface area (Å²) in [5.41, 5.74) is 0. The Bertz CT molecular complexity index is 443. The Balaban J connectivity index is 2.45. The Kier molecular flexibility index (Phi) is 2.09. The summed E-state index contributed by atoms with van der Waals surface area (Å²) in [6.07, 6.45) is -1.38. The van der Waals surface area contributed by atoms with Gasteiger partial charge in [0.25, 0.3) is 5.78 Å². The second-order valence-electron chi connectivity index (χ2n) is 3.10. The number of halogens is 3. The largest absolute Gasteiger partial charge is 0.398 e. The predicted octanol–water partition coefficient (Wildman–Crippen LogP) is 1.79. The fourth-order valence-electron chi connectivity index (χ4n) is 1.08. The third-order valence-corrected chi connectivity index (χ3v) is 2.01. The van der Waals surface area contributed by atoms with Crippen molar-refractivity contribution < 1.29 is 13.2 Å². The molecule has 2 rings (SSSR count). The number of nitrogens with zero attached hydrogens (tertiary/aromatic N) is 4. The summed E-state index contributed by atoms with van der Waals surface area (Å²) < 4.78 is 38.3. The molecule has 2 aromatic rings. The van der Waals surface area contributed by atoms with Gasteiger partial charge in [0.05, 0.1) is 0 Å². The van der Waals surface area contributed by atoms with Gasteiger partial charge in [0.15, 0.2) is 5.82 Å². The standard InChI is InChI=1S/C8H7F3N4/c1-5(8(9,10)11)6-13-7-12-3-2-4-15(7)14-6/h2-5H,1H3. The first-order chi connectivity index (χ1) is 6.98. The molecule has 1 unspecified atom stereocenters. The lowest BCUT2D eigenvalue weighted by molar-refractivity contribution is -0.147. The SMILES string of the molecule is CC(c1nc2ncccn2n1)C(F)(F)F. The van der Waals surface area contributed by atoms with Gasteiger partial charge < -0.3 is 0 Å². The molecule has 0 bridgehead atoms. The first-order valence-corrected chi connectivity index (χ1v) is 4.22. The topological polar surface area (TPSA) is 43.1 Å². The lowest BCUT2D eigenvalue weighted by Gasteiger charge is -2.10. The van der Waals surface area contributed by atoms with E-state index in [4.69, 9.17) is 0 Å². The van der Waals surface area contributed by atoms with Crippen LogP contribution >= 0.6 is 0 Å². The smallest absolute Gasteiger partial charge is 0.220 e. The van der Waals surface area contributed by atoms with Crippen molar-refractivity contribution in [2.45, 2.75) is 19.0 Å². The van der Waals surface area contributed by atoms with Crippen LogP contribution in [0.25, 0.3) is 5.78 Å². The molecule has 7 heteroatoms. The zero-order valence-electron chi connectivity index (χ0n) is 7.73. The molecule has 0 spiro atoms. The number of alkyl halides is 3. The van der Waals surface area contributed by atoms with Gasteiger partial charge in [-0.05, 0) is 13.0 Å². The Labute approximate surface area is 82.8 Å². The molecular weight excluding hydrogens is 209 g/mol. The summed E-state index contributed by atoms with van der Waals surface area (Å²) in [7, 11) is 0. The van der Waals surface area contributed by atoms with Crippen molar-refractivity contribution in [1.82, 2.24) is 19.6 Å². The minimum absolute atomic E-state index is 0.170. The van der Waals surface area contributed by atoms with Crippen LogP contribution < -0.4 is 0 Å². The van der Waals surface area contributed by atoms with E-state index in [0.29, 0.717) is 0 Å². The first kappa shape index (κ1) is 9.88. The molecule has 0 radical (unpaired) electrons. The lowest BCUT2D eigenvalue weighted by atomic mass is 10.1. The Morgan fingerprint density at radius 1 is 1.40 bits per heavy atom. The van der Waals surface area contributed by atoms with Crippen LogP contribution in [0.3, 0.4) is 0 Å². The van der Waals surface area contributed by atoms with Gasteiger partial charge in [-0.2, -0.15) is 18.2 Å². The van der Waals surface area contributed by atoms with E-state index in [1.54, 1.807) is 6.07 Å². The van der Waals surface area contributed by atoms with Crippen molar-refractivity contribution in [2.24, 2.45) is 0 Å². The minimum atomic E-state index is -4.33. The molecule has 0 aliphatic heterocycles. The van der Waals surface area contributed by atoms with Gasteiger partial charge in [-0.3, -0.25) is 0 Å². The Morgan fingerprint density at radius 3 is 2.73 bits per heavy atom. The van der Waals surface area contributed by atoms with Crippen LogP contribution in [-0.2, 0) is 0 Å². The highest BCUT2D eigenvalue weighted by Crippen LogP contribution is 2.32. The summed E-state index contributed by atoms with van der Waals surface area (Å²) in [5, 5.41) is 3.70. The third-order valence-electron chi connectivity index (χ3n) is 2.01. The van der Waals surface area contributed by atoms with E-state index in [1.165, 1.54) is 16.9 Å². The molecule has 0 aliphatic rings. The molecule has 0 aliphatic carbocycles. The van der Waals surface area contributed by atoms with Crippen LogP contribution in [-0.4, -0.2) is 25.8 Å². The summed E-state index contributed by atoms with van der Waals surface area (Å²) in [6, 6.07) is 1.57. The van der Waals surface area contributed by atoms with E-state index in [1.807, 2.05) is 0 Å². The molecule has 0 fully saturated rings. The molecule has 80 valence electrons. The van der Waals surface area contributed by atoms with Crippen LogP contribution in [0, 0.1) is 0 Å². The summed E-state index contributed by atoms with van der Waals surface area (Å²) in [4.78, 5) is 7.49. The minimum Gasteiger partial charge on any atom is -0.220 e. The fourth-order valence-corrected chi connectivity index (χ4v) is 1.08. The quantitative estimate of drug-likeness (QED) is 0.729. The highest BCUT2D eigenvalue weighted by atomic mass is 19.4. The predicted molar refractivity (Wildman–Crippen MR) is 45.3 cm³/mol. The summed E-state index contributed by atoms with van der Waals surface area (Å²) >= 11 is 0. The van der Waals surface area contributed by atoms with Gasteiger partial charge in [0.1, 0.15) is 5.92 Å². The van der Waals surface area contributed by atoms with E-state index in [-0.39, 0.29) is 11.6 Å². The molecule has 4 nitrogen and oxygen atoms in total. The summed E-state index contributed by atoms with van der Waals surface area (Å²) in [5.74, 6) is -1.77. The van der Waals surface area contributed by atoms with Gasteiger partial charge in [-0.1, -0.05) is 0 Å². The van der Waals surface area contributed by atoms with Crippen molar-refractivity contribution in [3.05, 3.63) is 24.3 Å². The average molecular weight is 216 g/mol. The number of rotatable bonds is 1. The van der Waals surface area contributed by atoms with Gasteiger partial charge in [-0.15, -0.1) is 5.10 Å². The molecule has 0 saturated carbocycles. The lowest BCUT2D eigenvalue weighted by Crippen LogP contribution is -2.18. The Morgan fingerprint density at radius 2 is 2.13 bits per heavy atom. The maximum atomic E-state index is 12.4. The van der Waals surface area contributed by atoms with Crippen LogP contribution in [0.1, 0.15) is 18.7 Å². The molecule has 0 saturated heterocycles. The highest BCUT2D eigenvalue weighted by molar-refractivity contribution is 5.26. The zero-order valence-corrected chi connectivity index (χ0v) is 7.73.